The molecule has 1 saturated carbocycles. The Morgan fingerprint density at radius 1 is 1.33 bits per heavy atom. The van der Waals surface area contributed by atoms with Crippen LogP contribution in [-0.4, -0.2) is 36.1 Å². The molecule has 0 aromatic carbocycles. The number of carbonyl (C=O) groups excluding carboxylic acids is 2. The second-order valence-electron chi connectivity index (χ2n) is 4.49. The number of esters is 1. The van der Waals surface area contributed by atoms with Crippen LogP contribution in [-0.2, 0) is 9.53 Å². The van der Waals surface area contributed by atoms with Gasteiger partial charge < -0.3 is 15.4 Å². The van der Waals surface area contributed by atoms with E-state index in [0.717, 1.165) is 25.7 Å². The number of rotatable bonds is 5. The molecule has 0 heterocycles. The van der Waals surface area contributed by atoms with Crippen LogP contribution >= 0.6 is 0 Å². The van der Waals surface area contributed by atoms with Crippen LogP contribution in [0.2, 0.25) is 0 Å². The maximum Gasteiger partial charge on any atom is 0.330 e. The lowest BCUT2D eigenvalue weighted by Gasteiger charge is -2.32. The lowest BCUT2D eigenvalue weighted by atomic mass is 9.94. The van der Waals surface area contributed by atoms with Gasteiger partial charge in [0.25, 0.3) is 0 Å². The molecule has 1 aliphatic carbocycles. The number of carbonyl (C=O) groups is 2. The minimum Gasteiger partial charge on any atom is -0.461 e. The Morgan fingerprint density at radius 3 is 2.56 bits per heavy atom. The first-order valence-electron chi connectivity index (χ1n) is 6.50. The van der Waals surface area contributed by atoms with Gasteiger partial charge in [0.2, 0.25) is 0 Å². The third-order valence-electron chi connectivity index (χ3n) is 3.18. The molecule has 0 spiro atoms. The van der Waals surface area contributed by atoms with E-state index in [1.165, 1.54) is 12.5 Å². The van der Waals surface area contributed by atoms with E-state index in [4.69, 9.17) is 10.5 Å². The fraction of sp³-hybridized carbons (Fsp3) is 0.692. The molecule has 2 amide bonds. The van der Waals surface area contributed by atoms with Crippen molar-refractivity contribution >= 4 is 12.0 Å². The van der Waals surface area contributed by atoms with E-state index in [2.05, 4.69) is 0 Å². The summed E-state index contributed by atoms with van der Waals surface area (Å²) in [5, 5.41) is 0. The molecule has 0 aromatic rings. The molecule has 2 N–H and O–H groups in total. The minimum absolute atomic E-state index is 0.197. The van der Waals surface area contributed by atoms with Crippen molar-refractivity contribution in [1.29, 1.82) is 0 Å². The van der Waals surface area contributed by atoms with Crippen LogP contribution in [0.15, 0.2) is 12.2 Å². The van der Waals surface area contributed by atoms with E-state index in [9.17, 15) is 9.59 Å². The third kappa shape index (κ3) is 4.77. The first-order valence-corrected chi connectivity index (χ1v) is 6.50. The van der Waals surface area contributed by atoms with Gasteiger partial charge in [0.15, 0.2) is 0 Å². The Bertz CT molecular complexity index is 309. The second kappa shape index (κ2) is 7.74. The van der Waals surface area contributed by atoms with Crippen LogP contribution in [0.25, 0.3) is 0 Å². The number of primary amides is 1. The lowest BCUT2D eigenvalue weighted by Crippen LogP contribution is -2.46. The topological polar surface area (TPSA) is 72.6 Å². The number of amides is 2. The van der Waals surface area contributed by atoms with Crippen molar-refractivity contribution in [3.8, 4) is 0 Å². The second-order valence-corrected chi connectivity index (χ2v) is 4.49. The van der Waals surface area contributed by atoms with Crippen LogP contribution in [0.1, 0.15) is 39.0 Å². The van der Waals surface area contributed by atoms with Crippen LogP contribution in [0.5, 0.6) is 0 Å². The Kier molecular flexibility index (Phi) is 6.25. The molecule has 5 heteroatoms. The first kappa shape index (κ1) is 14.5. The normalized spacial score (nSPS) is 16.7. The molecule has 0 radical (unpaired) electrons. The molecule has 1 rings (SSSR count). The van der Waals surface area contributed by atoms with Crippen molar-refractivity contribution in [3.63, 3.8) is 0 Å². The van der Waals surface area contributed by atoms with Gasteiger partial charge in [-0.2, -0.15) is 0 Å². The standard InChI is InChI=1S/C13H22N2O3/c1-2-6-12(16)18-10-9-15(13(14)17)11-7-4-3-5-8-11/h2,6,11H,3-5,7-10H2,1H3,(H2,14,17). The molecule has 0 bridgehead atoms. The molecule has 1 fully saturated rings. The van der Waals surface area contributed by atoms with Gasteiger partial charge in [-0.05, 0) is 19.8 Å². The highest BCUT2D eigenvalue weighted by Crippen LogP contribution is 2.22. The largest absolute Gasteiger partial charge is 0.461 e. The van der Waals surface area contributed by atoms with Gasteiger partial charge in [-0.1, -0.05) is 25.3 Å². The zero-order valence-corrected chi connectivity index (χ0v) is 10.9. The number of nitrogens with zero attached hydrogens (tertiary/aromatic N) is 1. The van der Waals surface area contributed by atoms with Crippen LogP contribution < -0.4 is 5.73 Å². The molecule has 0 aliphatic heterocycles. The Labute approximate surface area is 108 Å². The summed E-state index contributed by atoms with van der Waals surface area (Å²) in [7, 11) is 0. The highest BCUT2D eigenvalue weighted by Gasteiger charge is 2.23. The van der Waals surface area contributed by atoms with E-state index in [0.29, 0.717) is 6.54 Å². The Balaban J connectivity index is 2.38. The lowest BCUT2D eigenvalue weighted by molar-refractivity contribution is -0.138. The molecule has 5 nitrogen and oxygen atoms in total. The quantitative estimate of drug-likeness (QED) is 0.600. The van der Waals surface area contributed by atoms with E-state index in [-0.39, 0.29) is 18.6 Å². The summed E-state index contributed by atoms with van der Waals surface area (Å²) in [5.41, 5.74) is 5.38. The van der Waals surface area contributed by atoms with Gasteiger partial charge >= 0.3 is 12.0 Å². The van der Waals surface area contributed by atoms with E-state index in [1.807, 2.05) is 0 Å². The van der Waals surface area contributed by atoms with Crippen LogP contribution in [0.4, 0.5) is 4.79 Å². The van der Waals surface area contributed by atoms with E-state index in [1.54, 1.807) is 17.9 Å². The van der Waals surface area contributed by atoms with Gasteiger partial charge in [-0.15, -0.1) is 0 Å². The van der Waals surface area contributed by atoms with Crippen LogP contribution in [0, 0.1) is 0 Å². The molecule has 102 valence electrons. The van der Waals surface area contributed by atoms with Crippen molar-refractivity contribution in [2.45, 2.75) is 45.1 Å². The number of allylic oxidation sites excluding steroid dienone is 1. The molecule has 0 unspecified atom stereocenters. The summed E-state index contributed by atoms with van der Waals surface area (Å²) in [6.07, 6.45) is 8.45. The predicted molar refractivity (Wildman–Crippen MR) is 68.9 cm³/mol. The Morgan fingerprint density at radius 2 is 2.00 bits per heavy atom. The van der Waals surface area contributed by atoms with E-state index >= 15 is 0 Å². The summed E-state index contributed by atoms with van der Waals surface area (Å²) in [5.74, 6) is -0.384. The summed E-state index contributed by atoms with van der Waals surface area (Å²) >= 11 is 0. The van der Waals surface area contributed by atoms with Gasteiger partial charge in [-0.25, -0.2) is 9.59 Å². The third-order valence-corrected chi connectivity index (χ3v) is 3.18. The van der Waals surface area contributed by atoms with Gasteiger partial charge in [0.05, 0.1) is 6.54 Å². The van der Waals surface area contributed by atoms with E-state index < -0.39 is 6.03 Å². The summed E-state index contributed by atoms with van der Waals surface area (Å²) in [6, 6.07) is -0.222. The minimum atomic E-state index is -0.427. The van der Waals surface area contributed by atoms with Crippen molar-refractivity contribution in [1.82, 2.24) is 4.90 Å². The van der Waals surface area contributed by atoms with Crippen molar-refractivity contribution in [2.24, 2.45) is 5.73 Å². The summed E-state index contributed by atoms with van der Waals surface area (Å²) in [6.45, 7) is 2.32. The molecular weight excluding hydrogens is 232 g/mol. The van der Waals surface area contributed by atoms with Gasteiger partial charge in [0.1, 0.15) is 6.61 Å². The SMILES string of the molecule is CC=CC(=O)OCCN(C(N)=O)C1CCCCC1. The number of ether oxygens (including phenoxy) is 1. The highest BCUT2D eigenvalue weighted by molar-refractivity contribution is 5.81. The smallest absolute Gasteiger partial charge is 0.330 e. The van der Waals surface area contributed by atoms with Crippen molar-refractivity contribution < 1.29 is 14.3 Å². The predicted octanol–water partition coefficient (Wildman–Crippen LogP) is 1.82. The zero-order chi connectivity index (χ0) is 13.4. The number of hydrogen-bond donors (Lipinski definition) is 1. The molecule has 0 aromatic heterocycles. The number of urea groups is 1. The first-order chi connectivity index (χ1) is 8.65. The monoisotopic (exact) mass is 254 g/mol. The van der Waals surface area contributed by atoms with Gasteiger partial charge in [-0.3, -0.25) is 0 Å². The Hall–Kier alpha value is -1.52. The average Bonchev–Trinajstić information content (AvgIpc) is 2.35. The maximum absolute atomic E-state index is 11.4. The molecule has 0 saturated heterocycles. The molecular formula is C13H22N2O3. The fourth-order valence-corrected chi connectivity index (χ4v) is 2.29. The average molecular weight is 254 g/mol. The fourth-order valence-electron chi connectivity index (χ4n) is 2.29. The molecule has 18 heavy (non-hydrogen) atoms. The van der Waals surface area contributed by atoms with Crippen molar-refractivity contribution in [2.75, 3.05) is 13.2 Å². The van der Waals surface area contributed by atoms with Crippen molar-refractivity contribution in [3.05, 3.63) is 12.2 Å². The highest BCUT2D eigenvalue weighted by atomic mass is 16.5. The zero-order valence-electron chi connectivity index (χ0n) is 10.9. The maximum atomic E-state index is 11.4. The summed E-state index contributed by atoms with van der Waals surface area (Å²) < 4.78 is 4.98. The van der Waals surface area contributed by atoms with Crippen LogP contribution in [0.3, 0.4) is 0 Å². The molecule has 0 atom stereocenters. The number of nitrogens with two attached hydrogens (primary N) is 1. The molecule has 1 aliphatic rings. The van der Waals surface area contributed by atoms with Gasteiger partial charge in [0, 0.05) is 12.1 Å². The number of hydrogen-bond acceptors (Lipinski definition) is 3. The summed E-state index contributed by atoms with van der Waals surface area (Å²) in [4.78, 5) is 24.1.